The number of aryl methyl sites for hydroxylation is 1. The van der Waals surface area contributed by atoms with E-state index in [2.05, 4.69) is 15.5 Å². The summed E-state index contributed by atoms with van der Waals surface area (Å²) in [6, 6.07) is 7.60. The third-order valence-electron chi connectivity index (χ3n) is 4.71. The summed E-state index contributed by atoms with van der Waals surface area (Å²) in [5, 5.41) is 5.50. The molecule has 0 spiro atoms. The van der Waals surface area contributed by atoms with E-state index in [1.807, 2.05) is 31.2 Å². The molecule has 1 heterocycles. The van der Waals surface area contributed by atoms with Gasteiger partial charge >= 0.3 is 0 Å². The number of carbonyl (C=O) groups is 1. The molecule has 1 amide bonds. The minimum atomic E-state index is -3.74. The first kappa shape index (κ1) is 18.6. The highest BCUT2D eigenvalue weighted by Gasteiger charge is 2.32. The highest BCUT2D eigenvalue weighted by atomic mass is 32.2. The Kier molecular flexibility index (Phi) is 5.41. The lowest BCUT2D eigenvalue weighted by atomic mass is 10.1. The van der Waals surface area contributed by atoms with E-state index < -0.39 is 26.7 Å². The number of hydrogen-bond acceptors (Lipinski definition) is 6. The van der Waals surface area contributed by atoms with Crippen LogP contribution in [0.15, 0.2) is 28.8 Å². The topological polar surface area (TPSA) is 102 Å². The second-order valence-electron chi connectivity index (χ2n) is 6.82. The van der Waals surface area contributed by atoms with Crippen LogP contribution in [0.3, 0.4) is 0 Å². The third kappa shape index (κ3) is 4.30. The molecule has 140 valence electrons. The van der Waals surface area contributed by atoms with Gasteiger partial charge in [-0.2, -0.15) is 4.98 Å². The first-order valence-corrected chi connectivity index (χ1v) is 10.5. The summed E-state index contributed by atoms with van der Waals surface area (Å²) in [6.45, 7) is 3.37. The predicted molar refractivity (Wildman–Crippen MR) is 97.0 cm³/mol. The molecule has 1 aromatic carbocycles. The zero-order valence-electron chi connectivity index (χ0n) is 14.9. The number of benzene rings is 1. The van der Waals surface area contributed by atoms with E-state index in [4.69, 9.17) is 4.52 Å². The molecule has 1 aromatic heterocycles. The SMILES string of the molecule is Cc1ccc(-c2noc(CS(=O)(=O)C(C)C(=O)NC3CCCC3)n2)cc1. The molecular weight excluding hydrogens is 354 g/mol. The highest BCUT2D eigenvalue weighted by molar-refractivity contribution is 7.92. The zero-order chi connectivity index (χ0) is 18.7. The summed E-state index contributed by atoms with van der Waals surface area (Å²) in [7, 11) is -3.74. The van der Waals surface area contributed by atoms with Gasteiger partial charge in [-0.05, 0) is 26.7 Å². The fourth-order valence-electron chi connectivity index (χ4n) is 2.98. The monoisotopic (exact) mass is 377 g/mol. The first-order valence-electron chi connectivity index (χ1n) is 8.77. The molecule has 1 atom stereocenters. The van der Waals surface area contributed by atoms with Crippen LogP contribution in [-0.4, -0.2) is 35.8 Å². The largest absolute Gasteiger partial charge is 0.352 e. The lowest BCUT2D eigenvalue weighted by Crippen LogP contribution is -2.42. The van der Waals surface area contributed by atoms with Gasteiger partial charge < -0.3 is 9.84 Å². The van der Waals surface area contributed by atoms with E-state index in [1.54, 1.807) is 0 Å². The molecule has 0 aliphatic heterocycles. The van der Waals surface area contributed by atoms with Gasteiger partial charge in [0.1, 0.15) is 11.0 Å². The fourth-order valence-corrected chi connectivity index (χ4v) is 4.09. The Morgan fingerprint density at radius 1 is 1.27 bits per heavy atom. The van der Waals surface area contributed by atoms with Crippen LogP contribution < -0.4 is 5.32 Å². The Balaban J connectivity index is 1.66. The Labute approximate surface area is 153 Å². The standard InChI is InChI=1S/C18H23N3O4S/c1-12-7-9-14(10-8-12)17-20-16(25-21-17)11-26(23,24)13(2)18(22)19-15-5-3-4-6-15/h7-10,13,15H,3-6,11H2,1-2H3,(H,19,22). The maximum absolute atomic E-state index is 12.5. The van der Waals surface area contributed by atoms with Crippen molar-refractivity contribution >= 4 is 15.7 Å². The van der Waals surface area contributed by atoms with Gasteiger partial charge in [0.2, 0.25) is 17.6 Å². The molecule has 1 fully saturated rings. The first-order chi connectivity index (χ1) is 12.3. The van der Waals surface area contributed by atoms with Crippen molar-refractivity contribution in [3.8, 4) is 11.4 Å². The second-order valence-corrected chi connectivity index (χ2v) is 9.14. The number of nitrogens with one attached hydrogen (secondary N) is 1. The molecule has 1 unspecified atom stereocenters. The van der Waals surface area contributed by atoms with Gasteiger partial charge in [0, 0.05) is 11.6 Å². The molecule has 8 heteroatoms. The molecule has 1 aliphatic carbocycles. The van der Waals surface area contributed by atoms with Crippen LogP contribution in [-0.2, 0) is 20.4 Å². The van der Waals surface area contributed by atoms with Crippen molar-refractivity contribution in [2.45, 2.75) is 56.6 Å². The maximum atomic E-state index is 12.5. The van der Waals surface area contributed by atoms with Gasteiger partial charge in [0.05, 0.1) is 0 Å². The highest BCUT2D eigenvalue weighted by Crippen LogP contribution is 2.20. The van der Waals surface area contributed by atoms with Crippen LogP contribution in [0.5, 0.6) is 0 Å². The molecule has 0 saturated heterocycles. The third-order valence-corrected chi connectivity index (χ3v) is 6.65. The smallest absolute Gasteiger partial charge is 0.242 e. The Morgan fingerprint density at radius 2 is 1.92 bits per heavy atom. The van der Waals surface area contributed by atoms with Gasteiger partial charge in [-0.3, -0.25) is 4.79 Å². The average Bonchev–Trinajstić information content (AvgIpc) is 3.26. The Bertz CT molecular complexity index is 868. The van der Waals surface area contributed by atoms with Gasteiger partial charge in [0.25, 0.3) is 0 Å². The average molecular weight is 377 g/mol. The molecule has 1 aliphatic rings. The summed E-state index contributed by atoms with van der Waals surface area (Å²) in [5.41, 5.74) is 1.84. The van der Waals surface area contributed by atoms with Crippen LogP contribution in [0.4, 0.5) is 0 Å². The molecule has 3 rings (SSSR count). The number of amides is 1. The molecule has 1 saturated carbocycles. The van der Waals surface area contributed by atoms with Gasteiger partial charge in [-0.25, -0.2) is 8.42 Å². The molecule has 2 aromatic rings. The van der Waals surface area contributed by atoms with Crippen molar-refractivity contribution in [2.24, 2.45) is 0 Å². The van der Waals surface area contributed by atoms with Crippen LogP contribution in [0.1, 0.15) is 44.1 Å². The number of carbonyl (C=O) groups excluding carboxylic acids is 1. The number of sulfone groups is 1. The predicted octanol–water partition coefficient (Wildman–Crippen LogP) is 2.41. The van der Waals surface area contributed by atoms with Crippen LogP contribution >= 0.6 is 0 Å². The van der Waals surface area contributed by atoms with Gasteiger partial charge in [-0.1, -0.05) is 47.8 Å². The van der Waals surface area contributed by atoms with Crippen LogP contribution in [0, 0.1) is 6.92 Å². The summed E-state index contributed by atoms with van der Waals surface area (Å²) < 4.78 is 30.1. The van der Waals surface area contributed by atoms with E-state index in [0.29, 0.717) is 5.82 Å². The summed E-state index contributed by atoms with van der Waals surface area (Å²) in [6.07, 6.45) is 3.94. The molecule has 26 heavy (non-hydrogen) atoms. The van der Waals surface area contributed by atoms with Crippen LogP contribution in [0.25, 0.3) is 11.4 Å². The maximum Gasteiger partial charge on any atom is 0.242 e. The van der Waals surface area contributed by atoms with E-state index in [-0.39, 0.29) is 11.9 Å². The van der Waals surface area contributed by atoms with Crippen molar-refractivity contribution in [1.82, 2.24) is 15.5 Å². The van der Waals surface area contributed by atoms with Gasteiger partial charge in [0.15, 0.2) is 9.84 Å². The van der Waals surface area contributed by atoms with E-state index in [1.165, 1.54) is 6.92 Å². The minimum absolute atomic E-state index is 0.0129. The number of rotatable bonds is 6. The molecule has 7 nitrogen and oxygen atoms in total. The number of aromatic nitrogens is 2. The van der Waals surface area contributed by atoms with Gasteiger partial charge in [-0.15, -0.1) is 0 Å². The molecule has 1 N–H and O–H groups in total. The lowest BCUT2D eigenvalue weighted by Gasteiger charge is -2.16. The Morgan fingerprint density at radius 3 is 2.58 bits per heavy atom. The van der Waals surface area contributed by atoms with Crippen molar-refractivity contribution in [3.63, 3.8) is 0 Å². The van der Waals surface area contributed by atoms with Crippen molar-refractivity contribution < 1.29 is 17.7 Å². The van der Waals surface area contributed by atoms with E-state index in [9.17, 15) is 13.2 Å². The van der Waals surface area contributed by atoms with Crippen molar-refractivity contribution in [3.05, 3.63) is 35.7 Å². The van der Waals surface area contributed by atoms with E-state index >= 15 is 0 Å². The molecule has 0 bridgehead atoms. The normalized spacial score (nSPS) is 16.5. The quantitative estimate of drug-likeness (QED) is 0.829. The van der Waals surface area contributed by atoms with Crippen molar-refractivity contribution in [2.75, 3.05) is 0 Å². The molecule has 0 radical (unpaired) electrons. The fraction of sp³-hybridized carbons (Fsp3) is 0.500. The Hall–Kier alpha value is -2.22. The van der Waals surface area contributed by atoms with Crippen molar-refractivity contribution in [1.29, 1.82) is 0 Å². The zero-order valence-corrected chi connectivity index (χ0v) is 15.8. The summed E-state index contributed by atoms with van der Waals surface area (Å²) in [5.74, 6) is -0.597. The lowest BCUT2D eigenvalue weighted by molar-refractivity contribution is -0.121. The second kappa shape index (κ2) is 7.57. The molecular formula is C18H23N3O4S. The summed E-state index contributed by atoms with van der Waals surface area (Å²) >= 11 is 0. The summed E-state index contributed by atoms with van der Waals surface area (Å²) in [4.78, 5) is 16.4. The minimum Gasteiger partial charge on any atom is -0.352 e. The number of hydrogen-bond donors (Lipinski definition) is 1. The van der Waals surface area contributed by atoms with Crippen LogP contribution in [0.2, 0.25) is 0 Å². The number of nitrogens with zero attached hydrogens (tertiary/aromatic N) is 2. The van der Waals surface area contributed by atoms with E-state index in [0.717, 1.165) is 36.8 Å².